The number of ether oxygens (including phenoxy) is 2. The van der Waals surface area contributed by atoms with Gasteiger partial charge < -0.3 is 15.2 Å². The van der Waals surface area contributed by atoms with Crippen molar-refractivity contribution >= 4 is 11.4 Å². The van der Waals surface area contributed by atoms with Gasteiger partial charge in [0.25, 0.3) is 11.4 Å². The summed E-state index contributed by atoms with van der Waals surface area (Å²) in [5.74, 6) is 0.725. The molecule has 0 heterocycles. The largest absolute Gasteiger partial charge is 0.493 e. The van der Waals surface area contributed by atoms with E-state index in [1.54, 1.807) is 18.2 Å². The first-order chi connectivity index (χ1) is 15.3. The van der Waals surface area contributed by atoms with Crippen molar-refractivity contribution in [3.63, 3.8) is 0 Å². The molecular formula is C22H28N4O6. The van der Waals surface area contributed by atoms with Gasteiger partial charge in [-0.2, -0.15) is 0 Å². The van der Waals surface area contributed by atoms with Crippen molar-refractivity contribution in [2.24, 2.45) is 5.73 Å². The zero-order valence-electron chi connectivity index (χ0n) is 18.2. The first-order valence-corrected chi connectivity index (χ1v) is 10.4. The molecule has 2 N–H and O–H groups in total. The highest BCUT2D eigenvalue weighted by molar-refractivity contribution is 5.54. The Morgan fingerprint density at radius 2 is 1.53 bits per heavy atom. The molecule has 0 aliphatic heterocycles. The van der Waals surface area contributed by atoms with Gasteiger partial charge in [-0.1, -0.05) is 12.1 Å². The number of non-ortho nitro benzene ring substituents is 1. The Hall–Kier alpha value is -3.24. The lowest BCUT2D eigenvalue weighted by Crippen LogP contribution is -2.40. The predicted octanol–water partition coefficient (Wildman–Crippen LogP) is 3.79. The van der Waals surface area contributed by atoms with Gasteiger partial charge >= 0.3 is 0 Å². The van der Waals surface area contributed by atoms with Crippen LogP contribution in [0.4, 0.5) is 11.4 Å². The molecular weight excluding hydrogens is 416 g/mol. The fraction of sp³-hybridized carbons (Fsp3) is 0.455. The molecule has 0 radical (unpaired) electrons. The Kier molecular flexibility index (Phi) is 7.60. The van der Waals surface area contributed by atoms with Crippen LogP contribution in [0.25, 0.3) is 0 Å². The number of methoxy groups -OCH3 is 2. The second kappa shape index (κ2) is 10.4. The molecule has 2 aromatic carbocycles. The second-order valence-electron chi connectivity index (χ2n) is 7.99. The third-order valence-corrected chi connectivity index (χ3v) is 5.95. The van der Waals surface area contributed by atoms with Gasteiger partial charge in [0.05, 0.1) is 30.1 Å². The van der Waals surface area contributed by atoms with E-state index in [0.717, 1.165) is 31.2 Å². The molecule has 1 fully saturated rings. The number of nitro groups is 2. The minimum Gasteiger partial charge on any atom is -0.493 e. The van der Waals surface area contributed by atoms with Crippen LogP contribution in [0, 0.1) is 20.2 Å². The van der Waals surface area contributed by atoms with Crippen LogP contribution >= 0.6 is 0 Å². The minimum atomic E-state index is -0.433. The van der Waals surface area contributed by atoms with Gasteiger partial charge in [0, 0.05) is 42.9 Å². The second-order valence-corrected chi connectivity index (χ2v) is 7.99. The highest BCUT2D eigenvalue weighted by Crippen LogP contribution is 2.36. The van der Waals surface area contributed by atoms with Crippen molar-refractivity contribution in [2.45, 2.75) is 50.9 Å². The maximum absolute atomic E-state index is 11.8. The molecule has 1 saturated carbocycles. The van der Waals surface area contributed by atoms with E-state index >= 15 is 0 Å². The quantitative estimate of drug-likeness (QED) is 0.456. The maximum Gasteiger partial charge on any atom is 0.277 e. The van der Waals surface area contributed by atoms with Crippen LogP contribution in [-0.2, 0) is 13.1 Å². The summed E-state index contributed by atoms with van der Waals surface area (Å²) in [7, 11) is 2.93. The maximum atomic E-state index is 11.8. The van der Waals surface area contributed by atoms with Crippen molar-refractivity contribution in [3.05, 3.63) is 67.8 Å². The number of hydrogen-bond acceptors (Lipinski definition) is 8. The third-order valence-electron chi connectivity index (χ3n) is 5.95. The summed E-state index contributed by atoms with van der Waals surface area (Å²) in [6.45, 7) is 0.830. The summed E-state index contributed by atoms with van der Waals surface area (Å²) in [5, 5.41) is 22.7. The van der Waals surface area contributed by atoms with Crippen LogP contribution in [0.1, 0.15) is 36.8 Å². The predicted molar refractivity (Wildman–Crippen MR) is 119 cm³/mol. The average molecular weight is 444 g/mol. The first kappa shape index (κ1) is 23.4. The normalized spacial score (nSPS) is 18.4. The molecule has 1 aliphatic rings. The number of hydrogen-bond donors (Lipinski definition) is 1. The Labute approximate surface area is 186 Å². The van der Waals surface area contributed by atoms with Crippen molar-refractivity contribution < 1.29 is 19.3 Å². The molecule has 0 aromatic heterocycles. The summed E-state index contributed by atoms with van der Waals surface area (Å²) in [4.78, 5) is 24.1. The molecule has 0 saturated heterocycles. The Morgan fingerprint density at radius 1 is 0.938 bits per heavy atom. The monoisotopic (exact) mass is 444 g/mol. The zero-order valence-corrected chi connectivity index (χ0v) is 18.2. The summed E-state index contributed by atoms with van der Waals surface area (Å²) in [6.07, 6.45) is 3.54. The molecule has 10 heteroatoms. The number of nitrogens with two attached hydrogens (primary N) is 1. The van der Waals surface area contributed by atoms with Gasteiger partial charge in [0.2, 0.25) is 0 Å². The van der Waals surface area contributed by atoms with Crippen LogP contribution in [0.5, 0.6) is 11.5 Å². The lowest BCUT2D eigenvalue weighted by atomic mass is 9.90. The number of nitrogens with zero attached hydrogens (tertiary/aromatic N) is 3. The van der Waals surface area contributed by atoms with Gasteiger partial charge in [-0.25, -0.2) is 0 Å². The van der Waals surface area contributed by atoms with Crippen molar-refractivity contribution in [1.82, 2.24) is 4.90 Å². The molecule has 3 rings (SSSR count). The van der Waals surface area contributed by atoms with E-state index in [1.807, 2.05) is 0 Å². The molecule has 0 atom stereocenters. The van der Waals surface area contributed by atoms with Gasteiger partial charge in [-0.05, 0) is 37.3 Å². The van der Waals surface area contributed by atoms with Crippen LogP contribution in [0.15, 0.2) is 36.4 Å². The zero-order chi connectivity index (χ0) is 23.3. The number of rotatable bonds is 9. The SMILES string of the molecule is COc1cc(CN(Cc2ccc([N+](=O)[O-])cc2)C2CCC(N)CC2)c([N+](=O)[O-])cc1OC. The number of nitro benzene ring substituents is 2. The standard InChI is InChI=1S/C22H28N4O6/c1-31-21-11-16(20(26(29)30)12-22(21)32-2)14-24(18-9-5-17(23)6-10-18)13-15-3-7-19(8-4-15)25(27)28/h3-4,7-8,11-12,17-18H,5-6,9-10,13-14,23H2,1-2H3. The summed E-state index contributed by atoms with van der Waals surface area (Å²) < 4.78 is 10.6. The Balaban J connectivity index is 1.93. The summed E-state index contributed by atoms with van der Waals surface area (Å²) >= 11 is 0. The summed E-state index contributed by atoms with van der Waals surface area (Å²) in [5.41, 5.74) is 7.48. The van der Waals surface area contributed by atoms with E-state index in [2.05, 4.69) is 4.90 Å². The number of benzene rings is 2. The third kappa shape index (κ3) is 5.51. The van der Waals surface area contributed by atoms with E-state index in [-0.39, 0.29) is 23.5 Å². The fourth-order valence-corrected chi connectivity index (χ4v) is 4.16. The Morgan fingerprint density at radius 3 is 2.06 bits per heavy atom. The van der Waals surface area contributed by atoms with Crippen LogP contribution in [0.3, 0.4) is 0 Å². The van der Waals surface area contributed by atoms with E-state index in [1.165, 1.54) is 32.4 Å². The van der Waals surface area contributed by atoms with Gasteiger partial charge in [-0.3, -0.25) is 25.1 Å². The minimum absolute atomic E-state index is 0.0273. The lowest BCUT2D eigenvalue weighted by Gasteiger charge is -2.36. The van der Waals surface area contributed by atoms with Crippen molar-refractivity contribution in [2.75, 3.05) is 14.2 Å². The van der Waals surface area contributed by atoms with E-state index in [9.17, 15) is 20.2 Å². The van der Waals surface area contributed by atoms with Gasteiger partial charge in [-0.15, -0.1) is 0 Å². The van der Waals surface area contributed by atoms with Crippen molar-refractivity contribution in [1.29, 1.82) is 0 Å². The van der Waals surface area contributed by atoms with Crippen LogP contribution < -0.4 is 15.2 Å². The molecule has 0 amide bonds. The molecule has 0 unspecified atom stereocenters. The topological polar surface area (TPSA) is 134 Å². The smallest absolute Gasteiger partial charge is 0.277 e. The highest BCUT2D eigenvalue weighted by atomic mass is 16.6. The molecule has 0 bridgehead atoms. The molecule has 172 valence electrons. The molecule has 2 aromatic rings. The van der Waals surface area contributed by atoms with Crippen LogP contribution in [-0.4, -0.2) is 41.0 Å². The van der Waals surface area contributed by atoms with Crippen LogP contribution in [0.2, 0.25) is 0 Å². The molecule has 1 aliphatic carbocycles. The molecule has 10 nitrogen and oxygen atoms in total. The van der Waals surface area contributed by atoms with Crippen molar-refractivity contribution in [3.8, 4) is 11.5 Å². The van der Waals surface area contributed by atoms with E-state index in [4.69, 9.17) is 15.2 Å². The average Bonchev–Trinajstić information content (AvgIpc) is 2.79. The first-order valence-electron chi connectivity index (χ1n) is 10.4. The summed E-state index contributed by atoms with van der Waals surface area (Å²) in [6, 6.07) is 9.79. The van der Waals surface area contributed by atoms with Gasteiger partial charge in [0.15, 0.2) is 11.5 Å². The lowest BCUT2D eigenvalue weighted by molar-refractivity contribution is -0.385. The fourth-order valence-electron chi connectivity index (χ4n) is 4.16. The highest BCUT2D eigenvalue weighted by Gasteiger charge is 2.28. The van der Waals surface area contributed by atoms with E-state index < -0.39 is 9.85 Å². The Bertz CT molecular complexity index is 958. The molecule has 32 heavy (non-hydrogen) atoms. The van der Waals surface area contributed by atoms with E-state index in [0.29, 0.717) is 30.2 Å². The molecule has 0 spiro atoms. The van der Waals surface area contributed by atoms with Gasteiger partial charge in [0.1, 0.15) is 0 Å².